The van der Waals surface area contributed by atoms with Crippen LogP contribution in [0, 0.1) is 11.3 Å². The molecule has 0 spiro atoms. The Morgan fingerprint density at radius 2 is 1.83 bits per heavy atom. The summed E-state index contributed by atoms with van der Waals surface area (Å²) in [6.07, 6.45) is -3.96. The zero-order valence-corrected chi connectivity index (χ0v) is 11.5. The molecule has 1 unspecified atom stereocenters. The van der Waals surface area contributed by atoms with Crippen molar-refractivity contribution in [2.24, 2.45) is 17.1 Å². The summed E-state index contributed by atoms with van der Waals surface area (Å²) in [4.78, 5) is 13.1. The molecule has 2 N–H and O–H groups in total. The summed E-state index contributed by atoms with van der Waals surface area (Å²) < 4.78 is 37.5. The molecule has 0 bridgehead atoms. The van der Waals surface area contributed by atoms with E-state index in [9.17, 15) is 18.0 Å². The lowest BCUT2D eigenvalue weighted by Gasteiger charge is -2.34. The lowest BCUT2D eigenvalue weighted by molar-refractivity contribution is -0.168. The van der Waals surface area contributed by atoms with Crippen LogP contribution in [0.1, 0.15) is 34.1 Å². The Balaban J connectivity index is 5.01. The Kier molecular flexibility index (Phi) is 6.13. The lowest BCUT2D eigenvalue weighted by atomic mass is 9.85. The minimum atomic E-state index is -4.38. The number of nitrogens with two attached hydrogens (primary N) is 1. The molecule has 0 aliphatic heterocycles. The summed E-state index contributed by atoms with van der Waals surface area (Å²) in [5.74, 6) is -0.534. The van der Waals surface area contributed by atoms with Crippen molar-refractivity contribution in [1.82, 2.24) is 4.90 Å². The lowest BCUT2D eigenvalue weighted by Crippen LogP contribution is -2.50. The van der Waals surface area contributed by atoms with Gasteiger partial charge < -0.3 is 10.6 Å². The zero-order valence-electron chi connectivity index (χ0n) is 11.5. The van der Waals surface area contributed by atoms with Crippen LogP contribution in [0.5, 0.6) is 0 Å². The highest BCUT2D eigenvalue weighted by Crippen LogP contribution is 2.26. The maximum atomic E-state index is 12.5. The summed E-state index contributed by atoms with van der Waals surface area (Å²) in [5.41, 5.74) is 4.61. The maximum Gasteiger partial charge on any atom is 0.406 e. The van der Waals surface area contributed by atoms with Crippen LogP contribution < -0.4 is 5.73 Å². The van der Waals surface area contributed by atoms with Crippen molar-refractivity contribution in [3.63, 3.8) is 0 Å². The van der Waals surface area contributed by atoms with Gasteiger partial charge in [-0.1, -0.05) is 20.8 Å². The van der Waals surface area contributed by atoms with Gasteiger partial charge in [-0.25, -0.2) is 0 Å². The van der Waals surface area contributed by atoms with Gasteiger partial charge in [0.05, 0.1) is 5.41 Å². The summed E-state index contributed by atoms with van der Waals surface area (Å²) in [7, 11) is 0. The number of nitrogens with zero attached hydrogens (tertiary/aromatic N) is 1. The first-order valence-corrected chi connectivity index (χ1v) is 6.12. The van der Waals surface area contributed by atoms with Gasteiger partial charge in [0.15, 0.2) is 0 Å². The van der Waals surface area contributed by atoms with Gasteiger partial charge >= 0.3 is 6.18 Å². The minimum Gasteiger partial charge on any atom is -0.333 e. The molecule has 6 heteroatoms. The predicted molar refractivity (Wildman–Crippen MR) is 64.9 cm³/mol. The standard InChI is InChI=1S/C12H23F3N2O/c1-5-11(4,7-16)10(18)17(6-9(2)3)8-12(13,14)15/h9H,5-8,16H2,1-4H3. The van der Waals surface area contributed by atoms with E-state index in [4.69, 9.17) is 5.73 Å². The Morgan fingerprint density at radius 3 is 2.11 bits per heavy atom. The molecule has 18 heavy (non-hydrogen) atoms. The average Bonchev–Trinajstić information content (AvgIpc) is 2.23. The van der Waals surface area contributed by atoms with Gasteiger partial charge in [0.2, 0.25) is 5.91 Å². The van der Waals surface area contributed by atoms with Gasteiger partial charge in [-0.15, -0.1) is 0 Å². The van der Waals surface area contributed by atoms with Crippen LogP contribution in [0.2, 0.25) is 0 Å². The number of carbonyl (C=O) groups is 1. The second-order valence-electron chi connectivity index (χ2n) is 5.31. The molecule has 0 heterocycles. The summed E-state index contributed by atoms with van der Waals surface area (Å²) in [5, 5.41) is 0. The van der Waals surface area contributed by atoms with Crippen LogP contribution in [0.25, 0.3) is 0 Å². The van der Waals surface area contributed by atoms with E-state index in [1.165, 1.54) is 0 Å². The van der Waals surface area contributed by atoms with Gasteiger partial charge in [-0.05, 0) is 19.3 Å². The van der Waals surface area contributed by atoms with E-state index in [2.05, 4.69) is 0 Å². The van der Waals surface area contributed by atoms with Crippen LogP contribution in [-0.4, -0.2) is 36.6 Å². The maximum absolute atomic E-state index is 12.5. The van der Waals surface area contributed by atoms with Crippen LogP contribution in [0.4, 0.5) is 13.2 Å². The smallest absolute Gasteiger partial charge is 0.333 e. The SMILES string of the molecule is CCC(C)(CN)C(=O)N(CC(C)C)CC(F)(F)F. The van der Waals surface area contributed by atoms with Gasteiger partial charge in [-0.3, -0.25) is 4.79 Å². The molecule has 0 aromatic rings. The Bertz CT molecular complexity index is 273. The van der Waals surface area contributed by atoms with Gasteiger partial charge in [-0.2, -0.15) is 13.2 Å². The van der Waals surface area contributed by atoms with Crippen molar-refractivity contribution in [3.05, 3.63) is 0 Å². The highest BCUT2D eigenvalue weighted by Gasteiger charge is 2.39. The summed E-state index contributed by atoms with van der Waals surface area (Å²) >= 11 is 0. The number of halogens is 3. The fourth-order valence-electron chi connectivity index (χ4n) is 1.64. The Labute approximate surface area is 107 Å². The number of alkyl halides is 3. The van der Waals surface area contributed by atoms with E-state index in [1.807, 2.05) is 0 Å². The van der Waals surface area contributed by atoms with E-state index in [-0.39, 0.29) is 19.0 Å². The topological polar surface area (TPSA) is 46.3 Å². The van der Waals surface area contributed by atoms with Gasteiger partial charge in [0, 0.05) is 13.1 Å². The molecule has 0 rings (SSSR count). The molecular formula is C12H23F3N2O. The Hall–Kier alpha value is -0.780. The zero-order chi connectivity index (χ0) is 14.6. The van der Waals surface area contributed by atoms with Crippen molar-refractivity contribution >= 4 is 5.91 Å². The quantitative estimate of drug-likeness (QED) is 0.804. The first-order chi connectivity index (χ1) is 8.05. The van der Waals surface area contributed by atoms with Crippen molar-refractivity contribution in [2.75, 3.05) is 19.6 Å². The number of hydrogen-bond acceptors (Lipinski definition) is 2. The van der Waals surface area contributed by atoms with Crippen molar-refractivity contribution < 1.29 is 18.0 Å². The van der Waals surface area contributed by atoms with Crippen molar-refractivity contribution in [2.45, 2.75) is 40.3 Å². The number of amides is 1. The Morgan fingerprint density at radius 1 is 1.33 bits per heavy atom. The third-order valence-electron chi connectivity index (χ3n) is 2.99. The van der Waals surface area contributed by atoms with E-state index in [0.29, 0.717) is 6.42 Å². The average molecular weight is 268 g/mol. The molecule has 108 valence electrons. The molecule has 1 amide bonds. The molecule has 0 saturated heterocycles. The largest absolute Gasteiger partial charge is 0.406 e. The summed E-state index contributed by atoms with van der Waals surface area (Å²) in [6.45, 7) is 5.86. The molecule has 0 saturated carbocycles. The van der Waals surface area contributed by atoms with E-state index < -0.39 is 24.0 Å². The molecule has 0 radical (unpaired) electrons. The van der Waals surface area contributed by atoms with Gasteiger partial charge in [0.1, 0.15) is 6.54 Å². The third-order valence-corrected chi connectivity index (χ3v) is 2.99. The van der Waals surface area contributed by atoms with E-state index >= 15 is 0 Å². The van der Waals surface area contributed by atoms with Gasteiger partial charge in [0.25, 0.3) is 0 Å². The predicted octanol–water partition coefficient (Wildman–Crippen LogP) is 2.41. The normalized spacial score (nSPS) is 15.6. The third kappa shape index (κ3) is 5.25. The van der Waals surface area contributed by atoms with Crippen LogP contribution >= 0.6 is 0 Å². The molecule has 0 fully saturated rings. The van der Waals surface area contributed by atoms with E-state index in [0.717, 1.165) is 4.90 Å². The molecule has 3 nitrogen and oxygen atoms in total. The number of carbonyl (C=O) groups excluding carboxylic acids is 1. The minimum absolute atomic E-state index is 0.0184. The first kappa shape index (κ1) is 17.2. The van der Waals surface area contributed by atoms with Crippen LogP contribution in [0.15, 0.2) is 0 Å². The van der Waals surface area contributed by atoms with Crippen molar-refractivity contribution in [3.8, 4) is 0 Å². The molecule has 0 aromatic carbocycles. The molecule has 0 aliphatic carbocycles. The number of hydrogen-bond donors (Lipinski definition) is 1. The highest BCUT2D eigenvalue weighted by atomic mass is 19.4. The second kappa shape index (κ2) is 6.41. The molecule has 0 aromatic heterocycles. The second-order valence-corrected chi connectivity index (χ2v) is 5.31. The molecule has 0 aliphatic rings. The molecule has 1 atom stereocenters. The van der Waals surface area contributed by atoms with E-state index in [1.54, 1.807) is 27.7 Å². The van der Waals surface area contributed by atoms with Crippen LogP contribution in [-0.2, 0) is 4.79 Å². The fourth-order valence-corrected chi connectivity index (χ4v) is 1.64. The number of rotatable bonds is 6. The highest BCUT2D eigenvalue weighted by molar-refractivity contribution is 5.82. The molecular weight excluding hydrogens is 245 g/mol. The monoisotopic (exact) mass is 268 g/mol. The first-order valence-electron chi connectivity index (χ1n) is 6.12. The van der Waals surface area contributed by atoms with Crippen molar-refractivity contribution in [1.29, 1.82) is 0 Å². The summed E-state index contributed by atoms with van der Waals surface area (Å²) in [6, 6.07) is 0. The fraction of sp³-hybridized carbons (Fsp3) is 0.917. The van der Waals surface area contributed by atoms with Crippen LogP contribution in [0.3, 0.4) is 0 Å².